The normalized spacial score (nSPS) is 22.0. The molecule has 2 atom stereocenters. The van der Waals surface area contributed by atoms with Gasteiger partial charge in [0.05, 0.1) is 5.75 Å². The predicted molar refractivity (Wildman–Crippen MR) is 82.7 cm³/mol. The average Bonchev–Trinajstić information content (AvgIpc) is 3.00. The van der Waals surface area contributed by atoms with Crippen LogP contribution in [0.2, 0.25) is 0 Å². The van der Waals surface area contributed by atoms with Crippen molar-refractivity contribution in [1.82, 2.24) is 14.5 Å². The highest BCUT2D eigenvalue weighted by molar-refractivity contribution is 7.99. The number of carboxylic acids is 1. The lowest BCUT2D eigenvalue weighted by Crippen LogP contribution is -2.09. The molecule has 6 heteroatoms. The Labute approximate surface area is 127 Å². The number of carbonyl (C=O) groups is 1. The first-order valence-electron chi connectivity index (χ1n) is 7.24. The van der Waals surface area contributed by atoms with Crippen LogP contribution in [0.3, 0.4) is 0 Å². The van der Waals surface area contributed by atoms with Crippen molar-refractivity contribution in [3.8, 4) is 0 Å². The zero-order chi connectivity index (χ0) is 15.0. The van der Waals surface area contributed by atoms with E-state index in [-0.39, 0.29) is 5.75 Å². The fourth-order valence-electron chi connectivity index (χ4n) is 3.06. The van der Waals surface area contributed by atoms with Crippen LogP contribution in [0.5, 0.6) is 0 Å². The van der Waals surface area contributed by atoms with Crippen molar-refractivity contribution in [2.45, 2.75) is 44.3 Å². The number of aliphatic carboxylic acids is 1. The number of hydrogen-bond donors (Lipinski definition) is 1. The second kappa shape index (κ2) is 5.67. The van der Waals surface area contributed by atoms with E-state index in [4.69, 9.17) is 5.11 Å². The summed E-state index contributed by atoms with van der Waals surface area (Å²) >= 11 is 1.29. The maximum atomic E-state index is 10.9. The zero-order valence-electron chi connectivity index (χ0n) is 12.2. The summed E-state index contributed by atoms with van der Waals surface area (Å²) in [5.41, 5.74) is 2.87. The number of pyridine rings is 1. The summed E-state index contributed by atoms with van der Waals surface area (Å²) in [7, 11) is 0. The summed E-state index contributed by atoms with van der Waals surface area (Å²) in [6.07, 6.45) is 5.24. The smallest absolute Gasteiger partial charge is 0.313 e. The molecule has 2 aromatic heterocycles. The van der Waals surface area contributed by atoms with Crippen LogP contribution in [0, 0.1) is 12.8 Å². The Morgan fingerprint density at radius 3 is 3.00 bits per heavy atom. The molecule has 0 aliphatic heterocycles. The van der Waals surface area contributed by atoms with Crippen LogP contribution in [-0.2, 0) is 4.79 Å². The molecule has 1 N–H and O–H groups in total. The summed E-state index contributed by atoms with van der Waals surface area (Å²) in [5.74, 6) is -0.0809. The molecular formula is C15H19N3O2S. The van der Waals surface area contributed by atoms with Gasteiger partial charge in [-0.25, -0.2) is 9.97 Å². The highest BCUT2D eigenvalue weighted by Crippen LogP contribution is 2.39. The van der Waals surface area contributed by atoms with E-state index in [1.54, 1.807) is 6.20 Å². The minimum atomic E-state index is -0.817. The summed E-state index contributed by atoms with van der Waals surface area (Å²) in [6, 6.07) is 2.33. The topological polar surface area (TPSA) is 68.0 Å². The summed E-state index contributed by atoms with van der Waals surface area (Å²) < 4.78 is 2.17. The lowest BCUT2D eigenvalue weighted by atomic mass is 10.1. The molecule has 2 heterocycles. The molecule has 1 aliphatic carbocycles. The Kier molecular flexibility index (Phi) is 3.89. The molecule has 2 unspecified atom stereocenters. The van der Waals surface area contributed by atoms with E-state index in [9.17, 15) is 4.79 Å². The molecule has 1 aliphatic rings. The quantitative estimate of drug-likeness (QED) is 0.878. The van der Waals surface area contributed by atoms with Crippen LogP contribution in [0.15, 0.2) is 17.4 Å². The van der Waals surface area contributed by atoms with Gasteiger partial charge in [0.25, 0.3) is 0 Å². The van der Waals surface area contributed by atoms with Gasteiger partial charge in [0.2, 0.25) is 0 Å². The minimum Gasteiger partial charge on any atom is -0.481 e. The van der Waals surface area contributed by atoms with Crippen molar-refractivity contribution in [3.05, 3.63) is 17.8 Å². The molecule has 3 rings (SSSR count). The predicted octanol–water partition coefficient (Wildman–Crippen LogP) is 3.28. The fourth-order valence-corrected chi connectivity index (χ4v) is 3.84. The molecule has 0 aromatic carbocycles. The number of imidazole rings is 1. The molecule has 21 heavy (non-hydrogen) atoms. The van der Waals surface area contributed by atoms with Gasteiger partial charge in [0.15, 0.2) is 10.8 Å². The summed E-state index contributed by atoms with van der Waals surface area (Å²) in [6.45, 7) is 4.28. The van der Waals surface area contributed by atoms with Crippen LogP contribution < -0.4 is 0 Å². The van der Waals surface area contributed by atoms with Crippen molar-refractivity contribution >= 4 is 28.9 Å². The standard InChI is InChI=1S/C15H19N3O2S/c1-9-3-4-11(7-9)18-14-13(10(2)5-6-16-14)17-15(18)21-8-12(19)20/h5-6,9,11H,3-4,7-8H2,1-2H3,(H,19,20). The van der Waals surface area contributed by atoms with Gasteiger partial charge in [-0.15, -0.1) is 0 Å². The average molecular weight is 305 g/mol. The molecule has 0 bridgehead atoms. The number of rotatable bonds is 4. The Hall–Kier alpha value is -1.56. The van der Waals surface area contributed by atoms with E-state index >= 15 is 0 Å². The van der Waals surface area contributed by atoms with Gasteiger partial charge in [0.1, 0.15) is 5.52 Å². The maximum absolute atomic E-state index is 10.9. The third-order valence-electron chi connectivity index (χ3n) is 4.11. The van der Waals surface area contributed by atoms with Gasteiger partial charge in [-0.3, -0.25) is 4.79 Å². The van der Waals surface area contributed by atoms with Gasteiger partial charge in [-0.1, -0.05) is 18.7 Å². The zero-order valence-corrected chi connectivity index (χ0v) is 13.1. The Morgan fingerprint density at radius 1 is 1.52 bits per heavy atom. The third-order valence-corrected chi connectivity index (χ3v) is 5.04. The molecule has 1 fully saturated rings. The number of fused-ring (bicyclic) bond motifs is 1. The summed E-state index contributed by atoms with van der Waals surface area (Å²) in [4.78, 5) is 20.0. The highest BCUT2D eigenvalue weighted by Gasteiger charge is 2.27. The number of thioether (sulfide) groups is 1. The Bertz CT molecular complexity index is 683. The second-order valence-corrected chi connectivity index (χ2v) is 6.76. The minimum absolute atomic E-state index is 0.0324. The molecule has 0 amide bonds. The van der Waals surface area contributed by atoms with Gasteiger partial charge < -0.3 is 9.67 Å². The Morgan fingerprint density at radius 2 is 2.33 bits per heavy atom. The lowest BCUT2D eigenvalue weighted by Gasteiger charge is -2.15. The maximum Gasteiger partial charge on any atom is 0.313 e. The SMILES string of the molecule is Cc1ccnc2c1nc(SCC(=O)O)n2C1CCC(C)C1. The molecule has 5 nitrogen and oxygen atoms in total. The van der Waals surface area contributed by atoms with Crippen molar-refractivity contribution in [3.63, 3.8) is 0 Å². The van der Waals surface area contributed by atoms with Gasteiger partial charge in [-0.05, 0) is 43.7 Å². The van der Waals surface area contributed by atoms with Crippen LogP contribution in [0.4, 0.5) is 0 Å². The van der Waals surface area contributed by atoms with Crippen molar-refractivity contribution in [2.75, 3.05) is 5.75 Å². The van der Waals surface area contributed by atoms with E-state index in [1.165, 1.54) is 18.2 Å². The molecular weight excluding hydrogens is 286 g/mol. The van der Waals surface area contributed by atoms with Crippen molar-refractivity contribution < 1.29 is 9.90 Å². The number of aryl methyl sites for hydroxylation is 1. The van der Waals surface area contributed by atoms with Gasteiger partial charge >= 0.3 is 5.97 Å². The number of hydrogen-bond acceptors (Lipinski definition) is 4. The lowest BCUT2D eigenvalue weighted by molar-refractivity contribution is -0.133. The third kappa shape index (κ3) is 2.77. The van der Waals surface area contributed by atoms with E-state index < -0.39 is 5.97 Å². The molecule has 112 valence electrons. The first kappa shape index (κ1) is 14.4. The Balaban J connectivity index is 2.06. The highest BCUT2D eigenvalue weighted by atomic mass is 32.2. The van der Waals surface area contributed by atoms with Crippen molar-refractivity contribution in [1.29, 1.82) is 0 Å². The molecule has 1 saturated carbocycles. The number of aromatic nitrogens is 3. The molecule has 0 spiro atoms. The van der Waals surface area contributed by atoms with E-state index in [1.807, 2.05) is 13.0 Å². The van der Waals surface area contributed by atoms with Gasteiger partial charge in [-0.2, -0.15) is 0 Å². The molecule has 0 saturated heterocycles. The van der Waals surface area contributed by atoms with Crippen LogP contribution >= 0.6 is 11.8 Å². The first-order valence-corrected chi connectivity index (χ1v) is 8.23. The molecule has 0 radical (unpaired) electrons. The van der Waals surface area contributed by atoms with E-state index in [0.717, 1.165) is 34.7 Å². The van der Waals surface area contributed by atoms with Crippen molar-refractivity contribution in [2.24, 2.45) is 5.92 Å². The fraction of sp³-hybridized carbons (Fsp3) is 0.533. The van der Waals surface area contributed by atoms with Crippen LogP contribution in [0.25, 0.3) is 11.2 Å². The van der Waals surface area contributed by atoms with Gasteiger partial charge in [0, 0.05) is 12.2 Å². The molecule has 2 aromatic rings. The van der Waals surface area contributed by atoms with Crippen LogP contribution in [-0.4, -0.2) is 31.4 Å². The van der Waals surface area contributed by atoms with E-state index in [0.29, 0.717) is 12.0 Å². The largest absolute Gasteiger partial charge is 0.481 e. The van der Waals surface area contributed by atoms with Crippen LogP contribution in [0.1, 0.15) is 37.8 Å². The number of carboxylic acid groups (broad SMARTS) is 1. The first-order chi connectivity index (χ1) is 10.1. The monoisotopic (exact) mass is 305 g/mol. The summed E-state index contributed by atoms with van der Waals surface area (Å²) in [5, 5.41) is 9.71. The van der Waals surface area contributed by atoms with E-state index in [2.05, 4.69) is 21.5 Å². The number of nitrogens with zero attached hydrogens (tertiary/aromatic N) is 3. The second-order valence-electron chi connectivity index (χ2n) is 5.82.